The Labute approximate surface area is 131 Å². The smallest absolute Gasteiger partial charge is 0.262 e. The maximum Gasteiger partial charge on any atom is 0.262 e. The number of nitrogens with zero attached hydrogens (tertiary/aromatic N) is 1. The highest BCUT2D eigenvalue weighted by molar-refractivity contribution is 14.1. The molecule has 1 aromatic rings. The number of imide groups is 1. The van der Waals surface area contributed by atoms with Crippen LogP contribution in [-0.2, 0) is 9.84 Å². The van der Waals surface area contributed by atoms with Crippen molar-refractivity contribution in [2.45, 2.75) is 19.1 Å². The van der Waals surface area contributed by atoms with Crippen LogP contribution in [0.4, 0.5) is 0 Å². The van der Waals surface area contributed by atoms with Crippen LogP contribution in [-0.4, -0.2) is 42.7 Å². The first kappa shape index (κ1) is 15.4. The van der Waals surface area contributed by atoms with Crippen molar-refractivity contribution in [3.05, 3.63) is 32.9 Å². The molecule has 0 unspecified atom stereocenters. The molecule has 0 fully saturated rings. The lowest BCUT2D eigenvalue weighted by atomic mass is 10.1. The van der Waals surface area contributed by atoms with Crippen molar-refractivity contribution in [1.82, 2.24) is 4.90 Å². The Bertz CT molecular complexity index is 682. The summed E-state index contributed by atoms with van der Waals surface area (Å²) in [6.45, 7) is 3.07. The molecule has 2 amide bonds. The van der Waals surface area contributed by atoms with Crippen molar-refractivity contribution in [3.63, 3.8) is 0 Å². The topological polar surface area (TPSA) is 71.5 Å². The molecule has 0 aromatic heterocycles. The van der Waals surface area contributed by atoms with E-state index in [4.69, 9.17) is 0 Å². The number of fused-ring (bicyclic) bond motifs is 1. The number of carbonyl (C=O) groups excluding carboxylic acids is 2. The fourth-order valence-electron chi connectivity index (χ4n) is 1.95. The van der Waals surface area contributed by atoms with Gasteiger partial charge in [0, 0.05) is 10.1 Å². The monoisotopic (exact) mass is 407 g/mol. The molecular formula is C13H14INO4S. The molecule has 2 rings (SSSR count). The molecule has 0 aliphatic carbocycles. The number of benzene rings is 1. The normalized spacial score (nSPS) is 15.1. The van der Waals surface area contributed by atoms with Crippen molar-refractivity contribution in [3.8, 4) is 0 Å². The highest BCUT2D eigenvalue weighted by Crippen LogP contribution is 2.27. The molecule has 1 aliphatic rings. The molecule has 0 bridgehead atoms. The summed E-state index contributed by atoms with van der Waals surface area (Å²) in [5, 5.41) is -0.516. The summed E-state index contributed by atoms with van der Waals surface area (Å²) in [4.78, 5) is 25.4. The SMILES string of the molecule is CC(C)S(=O)(=O)CCN1C(=O)c2cccc(I)c2C1=O. The molecule has 0 saturated carbocycles. The van der Waals surface area contributed by atoms with Crippen molar-refractivity contribution in [1.29, 1.82) is 0 Å². The zero-order valence-electron chi connectivity index (χ0n) is 11.1. The number of hydrogen-bond donors (Lipinski definition) is 0. The van der Waals surface area contributed by atoms with Gasteiger partial charge in [-0.3, -0.25) is 14.5 Å². The Hall–Kier alpha value is -0.960. The molecule has 7 heteroatoms. The van der Waals surface area contributed by atoms with Gasteiger partial charge in [-0.15, -0.1) is 0 Å². The van der Waals surface area contributed by atoms with Gasteiger partial charge in [0.15, 0.2) is 9.84 Å². The first-order valence-corrected chi connectivity index (χ1v) is 8.91. The van der Waals surface area contributed by atoms with Gasteiger partial charge in [0.2, 0.25) is 0 Å². The Morgan fingerprint density at radius 3 is 2.40 bits per heavy atom. The van der Waals surface area contributed by atoms with Gasteiger partial charge in [-0.25, -0.2) is 8.42 Å². The Morgan fingerprint density at radius 1 is 1.20 bits per heavy atom. The summed E-state index contributed by atoms with van der Waals surface area (Å²) in [6, 6.07) is 5.05. The average Bonchev–Trinajstić information content (AvgIpc) is 2.61. The van der Waals surface area contributed by atoms with E-state index < -0.39 is 26.9 Å². The molecule has 5 nitrogen and oxygen atoms in total. The van der Waals surface area contributed by atoms with Crippen molar-refractivity contribution >= 4 is 44.2 Å². The summed E-state index contributed by atoms with van der Waals surface area (Å²) >= 11 is 2.00. The highest BCUT2D eigenvalue weighted by Gasteiger charge is 2.37. The van der Waals surface area contributed by atoms with Crippen LogP contribution in [0.5, 0.6) is 0 Å². The van der Waals surface area contributed by atoms with E-state index in [1.54, 1.807) is 32.0 Å². The fourth-order valence-corrected chi connectivity index (χ4v) is 3.59. The number of halogens is 1. The predicted octanol–water partition coefficient (Wildman–Crippen LogP) is 1.71. The molecule has 1 aromatic carbocycles. The maximum absolute atomic E-state index is 12.2. The molecule has 0 radical (unpaired) electrons. The minimum atomic E-state index is -3.28. The lowest BCUT2D eigenvalue weighted by molar-refractivity contribution is 0.0663. The molecule has 1 aliphatic heterocycles. The Kier molecular flexibility index (Phi) is 4.19. The van der Waals surface area contributed by atoms with E-state index in [0.717, 1.165) is 4.90 Å². The Balaban J connectivity index is 2.24. The third-order valence-electron chi connectivity index (χ3n) is 3.27. The first-order chi connectivity index (χ1) is 9.25. The van der Waals surface area contributed by atoms with Crippen LogP contribution in [0.3, 0.4) is 0 Å². The summed E-state index contributed by atoms with van der Waals surface area (Å²) in [6.07, 6.45) is 0. The van der Waals surface area contributed by atoms with E-state index in [1.165, 1.54) is 0 Å². The minimum Gasteiger partial charge on any atom is -0.273 e. The molecule has 0 spiro atoms. The van der Waals surface area contributed by atoms with E-state index in [-0.39, 0.29) is 12.3 Å². The molecule has 20 heavy (non-hydrogen) atoms. The number of hydrogen-bond acceptors (Lipinski definition) is 4. The lowest BCUT2D eigenvalue weighted by Crippen LogP contribution is -2.35. The van der Waals surface area contributed by atoms with E-state index in [9.17, 15) is 18.0 Å². The summed E-state index contributed by atoms with van der Waals surface area (Å²) < 4.78 is 24.3. The number of rotatable bonds is 4. The zero-order valence-corrected chi connectivity index (χ0v) is 14.1. The molecular weight excluding hydrogens is 393 g/mol. The third-order valence-corrected chi connectivity index (χ3v) is 6.35. The van der Waals surface area contributed by atoms with E-state index in [1.807, 2.05) is 22.6 Å². The second-order valence-corrected chi connectivity index (χ2v) is 8.68. The van der Waals surface area contributed by atoms with Crippen LogP contribution < -0.4 is 0 Å². The van der Waals surface area contributed by atoms with Crippen LogP contribution >= 0.6 is 22.6 Å². The van der Waals surface area contributed by atoms with Gasteiger partial charge in [-0.2, -0.15) is 0 Å². The van der Waals surface area contributed by atoms with Gasteiger partial charge >= 0.3 is 0 Å². The number of amides is 2. The van der Waals surface area contributed by atoms with Crippen molar-refractivity contribution < 1.29 is 18.0 Å². The molecule has 0 N–H and O–H groups in total. The zero-order chi connectivity index (χ0) is 15.1. The highest BCUT2D eigenvalue weighted by atomic mass is 127. The first-order valence-electron chi connectivity index (χ1n) is 6.12. The largest absolute Gasteiger partial charge is 0.273 e. The third kappa shape index (κ3) is 2.60. The Morgan fingerprint density at radius 2 is 1.85 bits per heavy atom. The molecule has 0 saturated heterocycles. The maximum atomic E-state index is 12.2. The lowest BCUT2D eigenvalue weighted by Gasteiger charge is -2.15. The van der Waals surface area contributed by atoms with Gasteiger partial charge in [-0.1, -0.05) is 6.07 Å². The standard InChI is InChI=1S/C13H14INO4S/c1-8(2)20(18,19)7-6-15-12(16)9-4-3-5-10(14)11(9)13(15)17/h3-5,8H,6-7H2,1-2H3. The van der Waals surface area contributed by atoms with Crippen LogP contribution in [0.15, 0.2) is 18.2 Å². The second-order valence-electron chi connectivity index (χ2n) is 4.84. The summed E-state index contributed by atoms with van der Waals surface area (Å²) in [5.74, 6) is -1.02. The van der Waals surface area contributed by atoms with Crippen LogP contribution in [0.1, 0.15) is 34.6 Å². The van der Waals surface area contributed by atoms with Gasteiger partial charge in [-0.05, 0) is 48.6 Å². The van der Waals surface area contributed by atoms with Crippen LogP contribution in [0, 0.1) is 3.57 Å². The van der Waals surface area contributed by atoms with Crippen LogP contribution in [0.2, 0.25) is 0 Å². The number of sulfone groups is 1. The van der Waals surface area contributed by atoms with Gasteiger partial charge in [0.1, 0.15) is 0 Å². The minimum absolute atomic E-state index is 0.0943. The van der Waals surface area contributed by atoms with Crippen LogP contribution in [0.25, 0.3) is 0 Å². The summed E-state index contributed by atoms with van der Waals surface area (Å²) in [7, 11) is -3.28. The molecule has 0 atom stereocenters. The fraction of sp³-hybridized carbons (Fsp3) is 0.385. The van der Waals surface area contributed by atoms with E-state index in [0.29, 0.717) is 14.7 Å². The van der Waals surface area contributed by atoms with Crippen molar-refractivity contribution in [2.75, 3.05) is 12.3 Å². The predicted molar refractivity (Wildman–Crippen MR) is 83.4 cm³/mol. The number of carbonyl (C=O) groups is 2. The summed E-state index contributed by atoms with van der Waals surface area (Å²) in [5.41, 5.74) is 0.726. The van der Waals surface area contributed by atoms with Gasteiger partial charge in [0.05, 0.1) is 22.1 Å². The van der Waals surface area contributed by atoms with E-state index >= 15 is 0 Å². The quantitative estimate of drug-likeness (QED) is 0.563. The van der Waals surface area contributed by atoms with Crippen molar-refractivity contribution in [2.24, 2.45) is 0 Å². The van der Waals surface area contributed by atoms with Gasteiger partial charge < -0.3 is 0 Å². The molecule has 108 valence electrons. The average molecular weight is 407 g/mol. The van der Waals surface area contributed by atoms with E-state index in [2.05, 4.69) is 0 Å². The second kappa shape index (κ2) is 5.44. The molecule has 1 heterocycles. The van der Waals surface area contributed by atoms with Gasteiger partial charge in [0.25, 0.3) is 11.8 Å².